The molecule has 39 heavy (non-hydrogen) atoms. The van der Waals surface area contributed by atoms with Gasteiger partial charge in [-0.3, -0.25) is 9.78 Å². The van der Waals surface area contributed by atoms with Crippen LogP contribution < -0.4 is 15.5 Å². The van der Waals surface area contributed by atoms with Gasteiger partial charge in [-0.2, -0.15) is 0 Å². The zero-order chi connectivity index (χ0) is 27.7. The number of nitrogens with one attached hydrogen (secondary N) is 2. The lowest BCUT2D eigenvalue weighted by atomic mass is 9.96. The van der Waals surface area contributed by atoms with Crippen molar-refractivity contribution >= 4 is 46.2 Å². The number of ether oxygens (including phenoxy) is 1. The van der Waals surface area contributed by atoms with Gasteiger partial charge < -0.3 is 24.8 Å². The number of carbonyl (C=O) groups excluding carboxylic acids is 1. The van der Waals surface area contributed by atoms with E-state index in [-0.39, 0.29) is 24.6 Å². The van der Waals surface area contributed by atoms with Crippen LogP contribution in [0, 0.1) is 20.8 Å². The molecule has 3 heterocycles. The van der Waals surface area contributed by atoms with Crippen molar-refractivity contribution in [1.82, 2.24) is 14.9 Å². The lowest BCUT2D eigenvalue weighted by Gasteiger charge is -2.28. The molecule has 2 atom stereocenters. The third-order valence-electron chi connectivity index (χ3n) is 7.07. The second-order valence-corrected chi connectivity index (χ2v) is 10.4. The van der Waals surface area contributed by atoms with Crippen molar-refractivity contribution in [1.29, 1.82) is 0 Å². The molecule has 0 saturated carbocycles. The molecular formula is C30H30ClN5O2S. The van der Waals surface area contributed by atoms with Crippen molar-refractivity contribution in [2.75, 3.05) is 23.9 Å². The number of anilines is 2. The van der Waals surface area contributed by atoms with Gasteiger partial charge in [0.2, 0.25) is 5.91 Å². The third-order valence-corrected chi connectivity index (χ3v) is 7.80. The maximum atomic E-state index is 12.0. The van der Waals surface area contributed by atoms with E-state index in [0.29, 0.717) is 10.8 Å². The number of hydrogen-bond donors (Lipinski definition) is 2. The monoisotopic (exact) mass is 559 g/mol. The van der Waals surface area contributed by atoms with Crippen molar-refractivity contribution in [2.45, 2.75) is 32.9 Å². The molecule has 0 spiro atoms. The quantitative estimate of drug-likeness (QED) is 0.262. The van der Waals surface area contributed by atoms with Crippen LogP contribution in [0.3, 0.4) is 0 Å². The lowest BCUT2D eigenvalue weighted by Crippen LogP contribution is -2.29. The van der Waals surface area contributed by atoms with Crippen LogP contribution in [0.4, 0.5) is 11.4 Å². The minimum atomic E-state index is -0.208. The van der Waals surface area contributed by atoms with Gasteiger partial charge in [0.25, 0.3) is 0 Å². The average Bonchev–Trinajstić information content (AvgIpc) is 3.42. The molecule has 0 bridgehead atoms. The Morgan fingerprint density at radius 2 is 1.87 bits per heavy atom. The minimum absolute atomic E-state index is 0.00255. The molecule has 1 saturated heterocycles. The topological polar surface area (TPSA) is 71.4 Å². The van der Waals surface area contributed by atoms with Crippen LogP contribution in [0.2, 0.25) is 5.02 Å². The number of thiocarbonyl (C=S) groups is 1. The number of benzene rings is 2. The fourth-order valence-electron chi connectivity index (χ4n) is 5.28. The Morgan fingerprint density at radius 3 is 2.56 bits per heavy atom. The maximum Gasteiger partial charge on any atom is 0.250 e. The Balaban J connectivity index is 1.60. The summed E-state index contributed by atoms with van der Waals surface area (Å²) in [5.74, 6) is -0.208. The van der Waals surface area contributed by atoms with Gasteiger partial charge in [0.15, 0.2) is 5.11 Å². The van der Waals surface area contributed by atoms with Crippen molar-refractivity contribution in [3.63, 3.8) is 0 Å². The van der Waals surface area contributed by atoms with Gasteiger partial charge in [0.05, 0.1) is 17.8 Å². The molecule has 1 fully saturated rings. The van der Waals surface area contributed by atoms with Crippen LogP contribution in [-0.4, -0.2) is 34.3 Å². The number of aromatic nitrogens is 2. The van der Waals surface area contributed by atoms with Gasteiger partial charge in [0, 0.05) is 46.8 Å². The number of halogens is 1. The molecule has 4 aromatic rings. The third kappa shape index (κ3) is 5.15. The van der Waals surface area contributed by atoms with Gasteiger partial charge in [-0.1, -0.05) is 23.7 Å². The Kier molecular flexibility index (Phi) is 7.70. The first-order chi connectivity index (χ1) is 18.8. The first kappa shape index (κ1) is 26.9. The Hall–Kier alpha value is -3.72. The maximum absolute atomic E-state index is 12.0. The molecule has 2 aromatic carbocycles. The molecule has 2 aromatic heterocycles. The number of nitrogens with zero attached hydrogens (tertiary/aromatic N) is 3. The van der Waals surface area contributed by atoms with E-state index in [1.165, 1.54) is 7.11 Å². The molecule has 0 unspecified atom stereocenters. The second-order valence-electron chi connectivity index (χ2n) is 9.57. The van der Waals surface area contributed by atoms with Crippen LogP contribution >= 0.6 is 23.8 Å². The highest BCUT2D eigenvalue weighted by atomic mass is 35.5. The molecule has 1 amide bonds. The lowest BCUT2D eigenvalue weighted by molar-refractivity contribution is -0.119. The molecular weight excluding hydrogens is 530 g/mol. The molecule has 0 aliphatic carbocycles. The summed E-state index contributed by atoms with van der Waals surface area (Å²) in [7, 11) is 1.49. The number of methoxy groups -OCH3 is 1. The predicted molar refractivity (Wildman–Crippen MR) is 160 cm³/mol. The zero-order valence-corrected chi connectivity index (χ0v) is 23.8. The van der Waals surface area contributed by atoms with Crippen LogP contribution in [0.5, 0.6) is 0 Å². The molecule has 5 rings (SSSR count). The molecule has 9 heteroatoms. The van der Waals surface area contributed by atoms with Gasteiger partial charge in [-0.05, 0) is 98.7 Å². The highest BCUT2D eigenvalue weighted by molar-refractivity contribution is 7.80. The Labute approximate surface area is 238 Å². The van der Waals surface area contributed by atoms with E-state index in [1.807, 2.05) is 61.5 Å². The van der Waals surface area contributed by atoms with Crippen molar-refractivity contribution < 1.29 is 9.53 Å². The molecule has 200 valence electrons. The van der Waals surface area contributed by atoms with E-state index in [0.717, 1.165) is 44.6 Å². The van der Waals surface area contributed by atoms with E-state index < -0.39 is 0 Å². The van der Waals surface area contributed by atoms with Gasteiger partial charge in [0.1, 0.15) is 6.61 Å². The zero-order valence-electron chi connectivity index (χ0n) is 22.2. The molecule has 1 aliphatic rings. The van der Waals surface area contributed by atoms with E-state index in [9.17, 15) is 4.79 Å². The van der Waals surface area contributed by atoms with Crippen LogP contribution in [0.15, 0.2) is 72.9 Å². The number of amides is 1. The van der Waals surface area contributed by atoms with E-state index in [2.05, 4.69) is 51.1 Å². The number of carbonyl (C=O) groups is 1. The predicted octanol–water partition coefficient (Wildman–Crippen LogP) is 6.21. The van der Waals surface area contributed by atoms with Crippen LogP contribution in [-0.2, 0) is 9.53 Å². The first-order valence-corrected chi connectivity index (χ1v) is 13.4. The average molecular weight is 560 g/mol. The highest BCUT2D eigenvalue weighted by Crippen LogP contribution is 2.44. The summed E-state index contributed by atoms with van der Waals surface area (Å²) < 4.78 is 7.17. The normalized spacial score (nSPS) is 16.8. The summed E-state index contributed by atoms with van der Waals surface area (Å²) in [6.07, 6.45) is 1.80. The Bertz CT molecular complexity index is 1520. The molecule has 0 radical (unpaired) electrons. The van der Waals surface area contributed by atoms with Crippen molar-refractivity contribution in [3.05, 3.63) is 106 Å². The van der Waals surface area contributed by atoms with Gasteiger partial charge >= 0.3 is 0 Å². The number of hydrogen-bond acceptors (Lipinski definition) is 4. The van der Waals surface area contributed by atoms with Crippen LogP contribution in [0.1, 0.15) is 40.3 Å². The second kappa shape index (κ2) is 11.2. The fraction of sp³-hybridized carbons (Fsp3) is 0.233. The largest absolute Gasteiger partial charge is 0.375 e. The fourth-order valence-corrected chi connectivity index (χ4v) is 5.79. The first-order valence-electron chi connectivity index (χ1n) is 12.6. The summed E-state index contributed by atoms with van der Waals surface area (Å²) in [5.41, 5.74) is 7.90. The molecule has 2 N–H and O–H groups in total. The summed E-state index contributed by atoms with van der Waals surface area (Å²) in [5, 5.41) is 7.71. The summed E-state index contributed by atoms with van der Waals surface area (Å²) in [6, 6.07) is 21.4. The van der Waals surface area contributed by atoms with Gasteiger partial charge in [-0.25, -0.2) is 0 Å². The van der Waals surface area contributed by atoms with Crippen LogP contribution in [0.25, 0.3) is 5.69 Å². The number of rotatable bonds is 7. The van der Waals surface area contributed by atoms with Crippen molar-refractivity contribution in [2.24, 2.45) is 0 Å². The summed E-state index contributed by atoms with van der Waals surface area (Å²) in [6.45, 7) is 6.27. The standard InChI is InChI=1S/C30H30ClN5O2S/c1-18-16-23(20(3)35(18)26-10-7-8-24(31)19(26)2)29-28(25-9-5-6-15-32-25)34-30(39)36(29)22-13-11-21(12-14-22)33-27(37)17-38-4/h5-16,28-29H,17H2,1-4H3,(H,33,37)(H,34,39)/t28-,29+/m0/s1. The summed E-state index contributed by atoms with van der Waals surface area (Å²) >= 11 is 12.4. The highest BCUT2D eigenvalue weighted by Gasteiger charge is 2.42. The Morgan fingerprint density at radius 1 is 1.10 bits per heavy atom. The minimum Gasteiger partial charge on any atom is -0.375 e. The van der Waals surface area contributed by atoms with E-state index in [1.54, 1.807) is 6.20 Å². The summed E-state index contributed by atoms with van der Waals surface area (Å²) in [4.78, 5) is 18.8. The van der Waals surface area contributed by atoms with Crippen molar-refractivity contribution in [3.8, 4) is 5.69 Å². The number of pyridine rings is 1. The number of aryl methyl sites for hydroxylation is 1. The van der Waals surface area contributed by atoms with E-state index in [4.69, 9.17) is 28.6 Å². The van der Waals surface area contributed by atoms with Gasteiger partial charge in [-0.15, -0.1) is 0 Å². The molecule has 1 aliphatic heterocycles. The van der Waals surface area contributed by atoms with E-state index >= 15 is 0 Å². The molecule has 7 nitrogen and oxygen atoms in total. The smallest absolute Gasteiger partial charge is 0.250 e. The SMILES string of the molecule is COCC(=O)Nc1ccc(N2C(=S)N[C@@H](c3ccccn3)[C@H]2c2cc(C)n(-c3cccc(Cl)c3C)c2C)cc1.